The molecular weight excluding hydrogens is 572 g/mol. The monoisotopic (exact) mass is 602 g/mol. The molecule has 8 aromatic carbocycles. The van der Waals surface area contributed by atoms with Crippen LogP contribution in [0.5, 0.6) is 11.5 Å². The maximum absolute atomic E-state index is 10.8. The fourth-order valence-corrected chi connectivity index (χ4v) is 7.76. The minimum Gasteiger partial charge on any atom is -0.507 e. The first kappa shape index (κ1) is 27.2. The number of hydrogen-bond donors (Lipinski definition) is 2. The summed E-state index contributed by atoms with van der Waals surface area (Å²) in [5.41, 5.74) is 10.9. The fourth-order valence-electron chi connectivity index (χ4n) is 7.76. The molecular formula is C45H30O2. The standard InChI is InChI=1S/C45H30O2/c46-43-27-33(25-31-9-1-3-11-37(31)43)29-17-21-35(22-18-29)45(41-15-7-5-13-39(41)40-14-6-8-16-42(40)45)36-23-19-30(20-24-36)34-26-32-10-2-4-12-38(32)44(47)28-34/h1-28,46-47H. The third-order valence-electron chi connectivity index (χ3n) is 9.93. The molecule has 0 bridgehead atoms. The lowest BCUT2D eigenvalue weighted by Gasteiger charge is -2.34. The van der Waals surface area contributed by atoms with E-state index in [1.807, 2.05) is 60.7 Å². The van der Waals surface area contributed by atoms with Gasteiger partial charge >= 0.3 is 0 Å². The third-order valence-corrected chi connectivity index (χ3v) is 9.93. The van der Waals surface area contributed by atoms with E-state index in [1.54, 1.807) is 0 Å². The Labute approximate surface area is 273 Å². The predicted molar refractivity (Wildman–Crippen MR) is 193 cm³/mol. The van der Waals surface area contributed by atoms with Crippen molar-refractivity contribution in [3.05, 3.63) is 192 Å². The first-order chi connectivity index (χ1) is 23.1. The molecule has 0 radical (unpaired) electrons. The third kappa shape index (κ3) is 4.12. The van der Waals surface area contributed by atoms with Crippen LogP contribution in [0.1, 0.15) is 22.3 Å². The maximum atomic E-state index is 10.8. The van der Waals surface area contributed by atoms with E-state index < -0.39 is 5.41 Å². The molecule has 0 fully saturated rings. The van der Waals surface area contributed by atoms with Crippen molar-refractivity contribution in [2.75, 3.05) is 0 Å². The summed E-state index contributed by atoms with van der Waals surface area (Å²) in [6.45, 7) is 0. The molecule has 2 heteroatoms. The van der Waals surface area contributed by atoms with E-state index in [9.17, 15) is 10.2 Å². The zero-order valence-corrected chi connectivity index (χ0v) is 25.6. The van der Waals surface area contributed by atoms with E-state index in [0.717, 1.165) is 43.8 Å². The molecule has 0 unspecified atom stereocenters. The van der Waals surface area contributed by atoms with Gasteiger partial charge in [-0.1, -0.05) is 146 Å². The summed E-state index contributed by atoms with van der Waals surface area (Å²) in [7, 11) is 0. The van der Waals surface area contributed by atoms with Crippen molar-refractivity contribution in [1.29, 1.82) is 0 Å². The Morgan fingerprint density at radius 3 is 1.17 bits per heavy atom. The van der Waals surface area contributed by atoms with Crippen LogP contribution in [0.3, 0.4) is 0 Å². The predicted octanol–water partition coefficient (Wildman–Crippen LogP) is 11.1. The molecule has 9 rings (SSSR count). The van der Waals surface area contributed by atoms with Crippen LogP contribution in [0.25, 0.3) is 54.9 Å². The lowest BCUT2D eigenvalue weighted by Crippen LogP contribution is -2.28. The largest absolute Gasteiger partial charge is 0.507 e. The minimum absolute atomic E-state index is 0.289. The van der Waals surface area contributed by atoms with Crippen LogP contribution in [0.15, 0.2) is 170 Å². The minimum atomic E-state index is -0.526. The van der Waals surface area contributed by atoms with Gasteiger partial charge in [-0.3, -0.25) is 0 Å². The zero-order chi connectivity index (χ0) is 31.5. The molecule has 0 saturated heterocycles. The van der Waals surface area contributed by atoms with E-state index in [2.05, 4.69) is 109 Å². The zero-order valence-electron chi connectivity index (χ0n) is 25.6. The second-order valence-corrected chi connectivity index (χ2v) is 12.4. The van der Waals surface area contributed by atoms with Gasteiger partial charge in [0.2, 0.25) is 0 Å². The molecule has 0 heterocycles. The van der Waals surface area contributed by atoms with Crippen LogP contribution < -0.4 is 0 Å². The summed E-state index contributed by atoms with van der Waals surface area (Å²) < 4.78 is 0. The van der Waals surface area contributed by atoms with Crippen molar-refractivity contribution in [1.82, 2.24) is 0 Å². The molecule has 1 aliphatic rings. The van der Waals surface area contributed by atoms with Crippen LogP contribution >= 0.6 is 0 Å². The molecule has 0 aromatic heterocycles. The van der Waals surface area contributed by atoms with Gasteiger partial charge in [-0.15, -0.1) is 0 Å². The average molecular weight is 603 g/mol. The lowest BCUT2D eigenvalue weighted by molar-refractivity contribution is 0.481. The summed E-state index contributed by atoms with van der Waals surface area (Å²) >= 11 is 0. The fraction of sp³-hybridized carbons (Fsp3) is 0.0222. The lowest BCUT2D eigenvalue weighted by atomic mass is 9.67. The van der Waals surface area contributed by atoms with Crippen LogP contribution in [-0.2, 0) is 5.41 Å². The van der Waals surface area contributed by atoms with E-state index in [-0.39, 0.29) is 11.5 Å². The SMILES string of the molecule is Oc1cc(-c2ccc(C3(c4ccc(-c5cc(O)c6ccccc6c5)cc4)c4ccccc4-c4ccccc43)cc2)cc2ccccc12. The van der Waals surface area contributed by atoms with Gasteiger partial charge in [0.15, 0.2) is 0 Å². The maximum Gasteiger partial charge on any atom is 0.124 e. The Bertz CT molecular complexity index is 2300. The van der Waals surface area contributed by atoms with Gasteiger partial charge in [0.05, 0.1) is 5.41 Å². The second-order valence-electron chi connectivity index (χ2n) is 12.4. The first-order valence-electron chi connectivity index (χ1n) is 16.0. The van der Waals surface area contributed by atoms with Gasteiger partial charge in [0, 0.05) is 10.8 Å². The first-order valence-corrected chi connectivity index (χ1v) is 16.0. The van der Waals surface area contributed by atoms with E-state index in [0.29, 0.717) is 0 Å². The summed E-state index contributed by atoms with van der Waals surface area (Å²) in [5, 5.41) is 25.4. The Balaban J connectivity index is 1.22. The van der Waals surface area contributed by atoms with Crippen molar-refractivity contribution >= 4 is 21.5 Å². The molecule has 2 N–H and O–H groups in total. The van der Waals surface area contributed by atoms with E-state index >= 15 is 0 Å². The van der Waals surface area contributed by atoms with Gasteiger partial charge in [-0.25, -0.2) is 0 Å². The quantitative estimate of drug-likeness (QED) is 0.210. The second kappa shape index (κ2) is 10.5. The highest BCUT2D eigenvalue weighted by Crippen LogP contribution is 2.56. The van der Waals surface area contributed by atoms with Crippen LogP contribution in [0.2, 0.25) is 0 Å². The van der Waals surface area contributed by atoms with Crippen molar-refractivity contribution in [3.8, 4) is 44.9 Å². The number of fused-ring (bicyclic) bond motifs is 5. The number of rotatable bonds is 4. The van der Waals surface area contributed by atoms with Gasteiger partial charge < -0.3 is 10.2 Å². The molecule has 2 nitrogen and oxygen atoms in total. The number of phenolic OH excluding ortho intramolecular Hbond substituents is 2. The molecule has 1 aliphatic carbocycles. The summed E-state index contributed by atoms with van der Waals surface area (Å²) in [4.78, 5) is 0. The van der Waals surface area contributed by atoms with Gasteiger partial charge in [-0.05, 0) is 90.7 Å². The summed E-state index contributed by atoms with van der Waals surface area (Å²) in [6, 6.07) is 59.1. The van der Waals surface area contributed by atoms with Gasteiger partial charge in [0.1, 0.15) is 11.5 Å². The average Bonchev–Trinajstić information content (AvgIpc) is 3.43. The van der Waals surface area contributed by atoms with Crippen LogP contribution in [0.4, 0.5) is 0 Å². The summed E-state index contributed by atoms with van der Waals surface area (Å²) in [5.74, 6) is 0.578. The highest BCUT2D eigenvalue weighted by atomic mass is 16.3. The summed E-state index contributed by atoms with van der Waals surface area (Å²) in [6.07, 6.45) is 0. The van der Waals surface area contributed by atoms with Crippen molar-refractivity contribution < 1.29 is 10.2 Å². The molecule has 0 spiro atoms. The van der Waals surface area contributed by atoms with E-state index in [4.69, 9.17) is 0 Å². The Morgan fingerprint density at radius 1 is 0.340 bits per heavy atom. The van der Waals surface area contributed by atoms with Crippen molar-refractivity contribution in [3.63, 3.8) is 0 Å². The van der Waals surface area contributed by atoms with Crippen molar-refractivity contribution in [2.45, 2.75) is 5.41 Å². The van der Waals surface area contributed by atoms with Crippen LogP contribution in [-0.4, -0.2) is 10.2 Å². The highest BCUT2D eigenvalue weighted by Gasteiger charge is 2.45. The Kier molecular flexibility index (Phi) is 6.06. The smallest absolute Gasteiger partial charge is 0.124 e. The number of benzene rings is 8. The topological polar surface area (TPSA) is 40.5 Å². The normalized spacial score (nSPS) is 13.0. The molecule has 0 amide bonds. The molecule has 8 aromatic rings. The highest BCUT2D eigenvalue weighted by molar-refractivity contribution is 5.94. The molecule has 0 aliphatic heterocycles. The molecule has 47 heavy (non-hydrogen) atoms. The van der Waals surface area contributed by atoms with Gasteiger partial charge in [0.25, 0.3) is 0 Å². The number of phenols is 2. The van der Waals surface area contributed by atoms with Gasteiger partial charge in [-0.2, -0.15) is 0 Å². The van der Waals surface area contributed by atoms with Crippen LogP contribution in [0, 0.1) is 0 Å². The molecule has 222 valence electrons. The Hall–Kier alpha value is -6.12. The number of hydrogen-bond acceptors (Lipinski definition) is 2. The molecule has 0 saturated carbocycles. The Morgan fingerprint density at radius 2 is 0.723 bits per heavy atom. The van der Waals surface area contributed by atoms with Crippen molar-refractivity contribution in [2.24, 2.45) is 0 Å². The number of aromatic hydroxyl groups is 2. The molecule has 0 atom stereocenters. The van der Waals surface area contributed by atoms with E-state index in [1.165, 1.54) is 33.4 Å².